The van der Waals surface area contributed by atoms with Crippen LogP contribution in [-0.2, 0) is 14.8 Å². The average Bonchev–Trinajstić information content (AvgIpc) is 2.72. The third kappa shape index (κ3) is 5.87. The summed E-state index contributed by atoms with van der Waals surface area (Å²) in [7, 11) is -3.67. The van der Waals surface area contributed by atoms with Crippen LogP contribution in [0.25, 0.3) is 0 Å². The van der Waals surface area contributed by atoms with Crippen LogP contribution in [0.2, 0.25) is 5.02 Å². The van der Waals surface area contributed by atoms with Gasteiger partial charge in [-0.3, -0.25) is 4.79 Å². The molecular formula is C21H25ClFN3O4S. The molecule has 2 aromatic carbocycles. The summed E-state index contributed by atoms with van der Waals surface area (Å²) in [4.78, 5) is 16.1. The van der Waals surface area contributed by atoms with E-state index in [2.05, 4.69) is 4.72 Å². The Kier molecular flexibility index (Phi) is 7.40. The van der Waals surface area contributed by atoms with E-state index in [9.17, 15) is 17.6 Å². The standard InChI is InChI=1S/C21H25ClFN3O4S/c1-15(2)24-31(28,29)16-7-8-20(17(22)13-16)30-14-21(27)26-11-9-25(10-12-26)19-6-4-3-5-18(19)23/h3-8,13,15,24H,9-12,14H2,1-2H3. The van der Waals surface area contributed by atoms with Gasteiger partial charge in [-0.15, -0.1) is 0 Å². The second-order valence-electron chi connectivity index (χ2n) is 7.48. The average molecular weight is 470 g/mol. The highest BCUT2D eigenvalue weighted by Gasteiger charge is 2.23. The number of benzene rings is 2. The van der Waals surface area contributed by atoms with E-state index in [4.69, 9.17) is 16.3 Å². The molecule has 0 atom stereocenters. The maximum absolute atomic E-state index is 13.9. The predicted molar refractivity (Wildman–Crippen MR) is 118 cm³/mol. The molecule has 1 N–H and O–H groups in total. The maximum Gasteiger partial charge on any atom is 0.260 e. The Bertz CT molecular complexity index is 1040. The number of ether oxygens (including phenoxy) is 1. The van der Waals surface area contributed by atoms with Crippen LogP contribution in [-0.4, -0.2) is 58.1 Å². The topological polar surface area (TPSA) is 78.9 Å². The van der Waals surface area contributed by atoms with Crippen molar-refractivity contribution in [2.75, 3.05) is 37.7 Å². The van der Waals surface area contributed by atoms with E-state index in [1.165, 1.54) is 24.3 Å². The van der Waals surface area contributed by atoms with E-state index in [0.29, 0.717) is 31.9 Å². The highest BCUT2D eigenvalue weighted by Crippen LogP contribution is 2.27. The van der Waals surface area contributed by atoms with E-state index in [0.717, 1.165) is 0 Å². The number of hydrogen-bond donors (Lipinski definition) is 1. The number of nitrogens with one attached hydrogen (secondary N) is 1. The summed E-state index contributed by atoms with van der Waals surface area (Å²) in [5.74, 6) is -0.278. The van der Waals surface area contributed by atoms with Gasteiger partial charge in [0.15, 0.2) is 6.61 Å². The van der Waals surface area contributed by atoms with E-state index >= 15 is 0 Å². The number of hydrogen-bond acceptors (Lipinski definition) is 5. The lowest BCUT2D eigenvalue weighted by Gasteiger charge is -2.36. The molecule has 0 aromatic heterocycles. The molecule has 1 aliphatic heterocycles. The van der Waals surface area contributed by atoms with Gasteiger partial charge in [-0.1, -0.05) is 23.7 Å². The van der Waals surface area contributed by atoms with Crippen molar-refractivity contribution < 1.29 is 22.3 Å². The number of carbonyl (C=O) groups excluding carboxylic acids is 1. The van der Waals surface area contributed by atoms with Crippen LogP contribution in [0.5, 0.6) is 5.75 Å². The number of rotatable bonds is 7. The smallest absolute Gasteiger partial charge is 0.260 e. The number of piperazine rings is 1. The van der Waals surface area contributed by atoms with Crippen molar-refractivity contribution in [1.29, 1.82) is 0 Å². The minimum Gasteiger partial charge on any atom is -0.482 e. The van der Waals surface area contributed by atoms with Gasteiger partial charge < -0.3 is 14.5 Å². The van der Waals surface area contributed by atoms with Crippen LogP contribution in [0.15, 0.2) is 47.4 Å². The first-order valence-corrected chi connectivity index (χ1v) is 11.8. The minimum absolute atomic E-state index is 0.0224. The fourth-order valence-corrected chi connectivity index (χ4v) is 4.86. The maximum atomic E-state index is 13.9. The fraction of sp³-hybridized carbons (Fsp3) is 0.381. The van der Waals surface area contributed by atoms with E-state index < -0.39 is 10.0 Å². The summed E-state index contributed by atoms with van der Waals surface area (Å²) in [6.45, 7) is 5.14. The lowest BCUT2D eigenvalue weighted by Crippen LogP contribution is -2.50. The molecule has 7 nitrogen and oxygen atoms in total. The van der Waals surface area contributed by atoms with E-state index in [1.807, 2.05) is 4.90 Å². The first kappa shape index (κ1) is 23.3. The molecule has 0 radical (unpaired) electrons. The molecule has 1 fully saturated rings. The Balaban J connectivity index is 1.55. The zero-order valence-corrected chi connectivity index (χ0v) is 18.9. The van der Waals surface area contributed by atoms with Gasteiger partial charge in [-0.2, -0.15) is 0 Å². The van der Waals surface area contributed by atoms with Crippen molar-refractivity contribution >= 4 is 33.2 Å². The molecule has 0 spiro atoms. The van der Waals surface area contributed by atoms with Crippen LogP contribution in [0.3, 0.4) is 0 Å². The van der Waals surface area contributed by atoms with Gasteiger partial charge in [0.1, 0.15) is 11.6 Å². The van der Waals surface area contributed by atoms with Crippen molar-refractivity contribution in [3.63, 3.8) is 0 Å². The molecular weight excluding hydrogens is 445 g/mol. The molecule has 0 aliphatic carbocycles. The van der Waals surface area contributed by atoms with Crippen molar-refractivity contribution in [3.8, 4) is 5.75 Å². The molecule has 1 saturated heterocycles. The number of sulfonamides is 1. The summed E-state index contributed by atoms with van der Waals surface area (Å²) < 4.78 is 46.4. The van der Waals surface area contributed by atoms with Gasteiger partial charge in [-0.05, 0) is 44.2 Å². The van der Waals surface area contributed by atoms with Gasteiger partial charge in [0, 0.05) is 32.2 Å². The number of carbonyl (C=O) groups is 1. The molecule has 0 bridgehead atoms. The Morgan fingerprint density at radius 3 is 2.45 bits per heavy atom. The zero-order chi connectivity index (χ0) is 22.6. The first-order chi connectivity index (χ1) is 14.7. The lowest BCUT2D eigenvalue weighted by molar-refractivity contribution is -0.133. The van der Waals surface area contributed by atoms with Crippen LogP contribution >= 0.6 is 11.6 Å². The number of amides is 1. The molecule has 2 aromatic rings. The SMILES string of the molecule is CC(C)NS(=O)(=O)c1ccc(OCC(=O)N2CCN(c3ccccc3F)CC2)c(Cl)c1. The van der Waals surface area contributed by atoms with Gasteiger partial charge in [-0.25, -0.2) is 17.5 Å². The van der Waals surface area contributed by atoms with E-state index in [-0.39, 0.29) is 40.0 Å². The Labute approximate surface area is 186 Å². The third-order valence-corrected chi connectivity index (χ3v) is 6.73. The number of anilines is 1. The third-order valence-electron chi connectivity index (χ3n) is 4.78. The number of para-hydroxylation sites is 1. The van der Waals surface area contributed by atoms with Crippen LogP contribution in [0.1, 0.15) is 13.8 Å². The second-order valence-corrected chi connectivity index (χ2v) is 9.60. The summed E-state index contributed by atoms with van der Waals surface area (Å²) in [5.41, 5.74) is 0.527. The van der Waals surface area contributed by atoms with Gasteiger partial charge in [0.2, 0.25) is 10.0 Å². The molecule has 0 unspecified atom stereocenters. The molecule has 1 aliphatic rings. The highest BCUT2D eigenvalue weighted by atomic mass is 35.5. The highest BCUT2D eigenvalue weighted by molar-refractivity contribution is 7.89. The van der Waals surface area contributed by atoms with Gasteiger partial charge in [0.05, 0.1) is 15.6 Å². The monoisotopic (exact) mass is 469 g/mol. The molecule has 1 amide bonds. The van der Waals surface area contributed by atoms with Crippen molar-refractivity contribution in [2.45, 2.75) is 24.8 Å². The van der Waals surface area contributed by atoms with Crippen molar-refractivity contribution in [1.82, 2.24) is 9.62 Å². The zero-order valence-electron chi connectivity index (χ0n) is 17.3. The molecule has 10 heteroatoms. The van der Waals surface area contributed by atoms with Crippen LogP contribution in [0.4, 0.5) is 10.1 Å². The molecule has 168 valence electrons. The summed E-state index contributed by atoms with van der Waals surface area (Å²) >= 11 is 6.16. The number of halogens is 2. The van der Waals surface area contributed by atoms with Gasteiger partial charge in [0.25, 0.3) is 5.91 Å². The largest absolute Gasteiger partial charge is 0.482 e. The summed E-state index contributed by atoms with van der Waals surface area (Å²) in [5, 5.41) is 0.101. The minimum atomic E-state index is -3.67. The molecule has 31 heavy (non-hydrogen) atoms. The predicted octanol–water partition coefficient (Wildman–Crippen LogP) is 2.89. The number of nitrogens with zero attached hydrogens (tertiary/aromatic N) is 2. The summed E-state index contributed by atoms with van der Waals surface area (Å²) in [6, 6.07) is 10.4. The van der Waals surface area contributed by atoms with E-state index in [1.54, 1.807) is 36.9 Å². The Morgan fingerprint density at radius 1 is 1.16 bits per heavy atom. The quantitative estimate of drug-likeness (QED) is 0.674. The van der Waals surface area contributed by atoms with Crippen molar-refractivity contribution in [3.05, 3.63) is 53.3 Å². The second kappa shape index (κ2) is 9.84. The molecule has 3 rings (SSSR count). The van der Waals surface area contributed by atoms with Gasteiger partial charge >= 0.3 is 0 Å². The Hall–Kier alpha value is -2.36. The van der Waals surface area contributed by atoms with Crippen LogP contribution in [0, 0.1) is 5.82 Å². The van der Waals surface area contributed by atoms with Crippen LogP contribution < -0.4 is 14.4 Å². The summed E-state index contributed by atoms with van der Waals surface area (Å²) in [6.07, 6.45) is 0. The molecule has 1 heterocycles. The Morgan fingerprint density at radius 2 is 1.84 bits per heavy atom. The lowest BCUT2D eigenvalue weighted by atomic mass is 10.2. The first-order valence-electron chi connectivity index (χ1n) is 9.89. The molecule has 0 saturated carbocycles. The van der Waals surface area contributed by atoms with Crippen molar-refractivity contribution in [2.24, 2.45) is 0 Å². The normalized spacial score (nSPS) is 14.7. The fourth-order valence-electron chi connectivity index (χ4n) is 3.28.